The quantitative estimate of drug-likeness (QED) is 0.627. The lowest BCUT2D eigenvalue weighted by Gasteiger charge is -2.17. The topological polar surface area (TPSA) is 96.3 Å². The van der Waals surface area contributed by atoms with Crippen LogP contribution >= 0.6 is 0 Å². The number of ether oxygens (including phenoxy) is 1. The molecule has 1 saturated heterocycles. The number of benzene rings is 1. The molecule has 3 rings (SSSR count). The summed E-state index contributed by atoms with van der Waals surface area (Å²) in [4.78, 5) is 26.1. The summed E-state index contributed by atoms with van der Waals surface area (Å²) >= 11 is 0. The van der Waals surface area contributed by atoms with Gasteiger partial charge >= 0.3 is 5.69 Å². The van der Waals surface area contributed by atoms with Gasteiger partial charge in [0.1, 0.15) is 6.23 Å². The third-order valence-corrected chi connectivity index (χ3v) is 5.11. The molecule has 1 aromatic carbocycles. The van der Waals surface area contributed by atoms with Crippen LogP contribution in [0.25, 0.3) is 0 Å². The molecule has 27 heavy (non-hydrogen) atoms. The van der Waals surface area contributed by atoms with Crippen molar-refractivity contribution in [3.8, 4) is 0 Å². The molecule has 0 radical (unpaired) electrons. The highest BCUT2D eigenvalue weighted by molar-refractivity contribution is 5.25. The Morgan fingerprint density at radius 3 is 2.81 bits per heavy atom. The molecular weight excluding hydrogens is 346 g/mol. The number of H-pyrrole nitrogens is 1. The molecule has 1 aliphatic rings. The predicted octanol–water partition coefficient (Wildman–Crippen LogP) is 0.888. The molecule has 0 aliphatic carbocycles. The molecule has 1 unspecified atom stereocenters. The van der Waals surface area contributed by atoms with E-state index in [1.165, 1.54) is 21.9 Å². The summed E-state index contributed by atoms with van der Waals surface area (Å²) < 4.78 is 7.26. The summed E-state index contributed by atoms with van der Waals surface area (Å²) in [5.74, 6) is 0. The van der Waals surface area contributed by atoms with Gasteiger partial charge in [-0.2, -0.15) is 0 Å². The average molecular weight is 373 g/mol. The number of nitrogens with one attached hydrogen (secondary N) is 2. The van der Waals surface area contributed by atoms with Crippen molar-refractivity contribution in [2.75, 3.05) is 13.1 Å². The van der Waals surface area contributed by atoms with Crippen LogP contribution in [0.3, 0.4) is 0 Å². The highest BCUT2D eigenvalue weighted by Gasteiger charge is 2.35. The number of aromatic nitrogens is 2. The Kier molecular flexibility index (Phi) is 6.26. The number of aryl methyl sites for hydroxylation is 2. The van der Waals surface area contributed by atoms with Gasteiger partial charge in [-0.05, 0) is 37.4 Å². The maximum Gasteiger partial charge on any atom is 0.330 e. The van der Waals surface area contributed by atoms with Crippen LogP contribution in [0.1, 0.15) is 36.3 Å². The Hall–Kier alpha value is -2.22. The molecule has 7 nitrogen and oxygen atoms in total. The minimum atomic E-state index is -0.662. The van der Waals surface area contributed by atoms with E-state index in [0.29, 0.717) is 24.9 Å². The SMILES string of the molecule is CCc1cn([C@@H]2CC(O)[C@H](CNCCc3ccccc3C)O2)c(=O)[nH]c1=O. The van der Waals surface area contributed by atoms with Gasteiger partial charge in [0.2, 0.25) is 0 Å². The van der Waals surface area contributed by atoms with Crippen LogP contribution in [-0.4, -0.2) is 40.0 Å². The summed E-state index contributed by atoms with van der Waals surface area (Å²) in [7, 11) is 0. The van der Waals surface area contributed by atoms with Gasteiger partial charge in [-0.25, -0.2) is 4.79 Å². The zero-order chi connectivity index (χ0) is 19.4. The Balaban J connectivity index is 1.56. The fourth-order valence-electron chi connectivity index (χ4n) is 3.42. The molecule has 0 amide bonds. The monoisotopic (exact) mass is 373 g/mol. The van der Waals surface area contributed by atoms with Crippen LogP contribution in [0.15, 0.2) is 40.1 Å². The molecule has 3 atom stereocenters. The first-order valence-corrected chi connectivity index (χ1v) is 9.42. The summed E-state index contributed by atoms with van der Waals surface area (Å²) in [6, 6.07) is 8.26. The minimum Gasteiger partial charge on any atom is -0.390 e. The van der Waals surface area contributed by atoms with Crippen molar-refractivity contribution in [2.45, 2.75) is 51.5 Å². The average Bonchev–Trinajstić information content (AvgIpc) is 3.01. The largest absolute Gasteiger partial charge is 0.390 e. The van der Waals surface area contributed by atoms with E-state index in [4.69, 9.17) is 4.74 Å². The second-order valence-electron chi connectivity index (χ2n) is 6.99. The number of nitrogens with zero attached hydrogens (tertiary/aromatic N) is 1. The van der Waals surface area contributed by atoms with E-state index in [1.54, 1.807) is 0 Å². The van der Waals surface area contributed by atoms with E-state index in [2.05, 4.69) is 29.4 Å². The molecule has 0 saturated carbocycles. The summed E-state index contributed by atoms with van der Waals surface area (Å²) in [6.45, 7) is 5.23. The van der Waals surface area contributed by atoms with Crippen molar-refractivity contribution in [3.63, 3.8) is 0 Å². The van der Waals surface area contributed by atoms with Crippen molar-refractivity contribution >= 4 is 0 Å². The number of aliphatic hydroxyl groups is 1. The number of hydrogen-bond acceptors (Lipinski definition) is 5. The summed E-state index contributed by atoms with van der Waals surface area (Å²) in [5, 5.41) is 13.6. The smallest absolute Gasteiger partial charge is 0.330 e. The highest BCUT2D eigenvalue weighted by atomic mass is 16.5. The fourth-order valence-corrected chi connectivity index (χ4v) is 3.42. The molecule has 2 aromatic rings. The van der Waals surface area contributed by atoms with Crippen LogP contribution in [0, 0.1) is 6.92 Å². The van der Waals surface area contributed by atoms with Gasteiger partial charge in [-0.1, -0.05) is 31.2 Å². The molecule has 7 heteroatoms. The zero-order valence-corrected chi connectivity index (χ0v) is 15.8. The van der Waals surface area contributed by atoms with E-state index in [0.717, 1.165) is 13.0 Å². The van der Waals surface area contributed by atoms with Gasteiger partial charge < -0.3 is 15.2 Å². The molecule has 1 fully saturated rings. The zero-order valence-electron chi connectivity index (χ0n) is 15.8. The van der Waals surface area contributed by atoms with Crippen molar-refractivity contribution in [2.24, 2.45) is 0 Å². The third-order valence-electron chi connectivity index (χ3n) is 5.11. The highest BCUT2D eigenvalue weighted by Crippen LogP contribution is 2.27. The van der Waals surface area contributed by atoms with E-state index in [9.17, 15) is 14.7 Å². The molecule has 1 aromatic heterocycles. The van der Waals surface area contributed by atoms with Crippen molar-refractivity contribution in [3.05, 3.63) is 68.0 Å². The number of rotatable bonds is 7. The number of aromatic amines is 1. The summed E-state index contributed by atoms with van der Waals surface area (Å²) in [6.07, 6.45) is 1.65. The second-order valence-corrected chi connectivity index (χ2v) is 6.99. The first-order valence-electron chi connectivity index (χ1n) is 9.42. The van der Waals surface area contributed by atoms with Crippen LogP contribution in [0.5, 0.6) is 0 Å². The standard InChI is InChI=1S/C20H27N3O4/c1-3-14-12-23(20(26)22-19(14)25)18-10-16(24)17(27-18)11-21-9-8-15-7-5-4-6-13(15)2/h4-7,12,16-18,21,24H,3,8-11H2,1-2H3,(H,22,25,26)/t16?,17-,18-/m0/s1. The van der Waals surface area contributed by atoms with E-state index in [-0.39, 0.29) is 5.56 Å². The van der Waals surface area contributed by atoms with E-state index in [1.807, 2.05) is 19.1 Å². The maximum atomic E-state index is 12.1. The van der Waals surface area contributed by atoms with E-state index >= 15 is 0 Å². The number of aliphatic hydroxyl groups excluding tert-OH is 1. The van der Waals surface area contributed by atoms with Gasteiger partial charge in [-0.15, -0.1) is 0 Å². The molecule has 2 heterocycles. The lowest BCUT2D eigenvalue weighted by atomic mass is 10.1. The van der Waals surface area contributed by atoms with Crippen LogP contribution in [-0.2, 0) is 17.6 Å². The van der Waals surface area contributed by atoms with Gasteiger partial charge in [-0.3, -0.25) is 14.3 Å². The van der Waals surface area contributed by atoms with Crippen LogP contribution in [0.4, 0.5) is 0 Å². The second kappa shape index (κ2) is 8.65. The van der Waals surface area contributed by atoms with E-state index < -0.39 is 24.1 Å². The number of hydrogen-bond donors (Lipinski definition) is 3. The lowest BCUT2D eigenvalue weighted by molar-refractivity contribution is -0.0192. The Morgan fingerprint density at radius 1 is 1.30 bits per heavy atom. The van der Waals surface area contributed by atoms with Crippen LogP contribution < -0.4 is 16.6 Å². The van der Waals surface area contributed by atoms with Crippen molar-refractivity contribution in [1.82, 2.24) is 14.9 Å². The lowest BCUT2D eigenvalue weighted by Crippen LogP contribution is -2.36. The van der Waals surface area contributed by atoms with Crippen molar-refractivity contribution < 1.29 is 9.84 Å². The molecule has 3 N–H and O–H groups in total. The molecule has 0 spiro atoms. The first kappa shape index (κ1) is 19.5. The fraction of sp³-hybridized carbons (Fsp3) is 0.500. The Morgan fingerprint density at radius 2 is 2.07 bits per heavy atom. The Bertz CT molecular complexity index is 889. The minimum absolute atomic E-state index is 0.319. The molecule has 0 bridgehead atoms. The third kappa shape index (κ3) is 4.55. The predicted molar refractivity (Wildman–Crippen MR) is 103 cm³/mol. The maximum absolute atomic E-state index is 12.1. The normalized spacial score (nSPS) is 22.3. The molecular formula is C20H27N3O4. The first-order chi connectivity index (χ1) is 13.0. The summed E-state index contributed by atoms with van der Waals surface area (Å²) in [5.41, 5.74) is 2.20. The van der Waals surface area contributed by atoms with Gasteiger partial charge in [0.15, 0.2) is 0 Å². The Labute approximate surface area is 158 Å². The van der Waals surface area contributed by atoms with Crippen LogP contribution in [0.2, 0.25) is 0 Å². The van der Waals surface area contributed by atoms with Crippen molar-refractivity contribution in [1.29, 1.82) is 0 Å². The van der Waals surface area contributed by atoms with Gasteiger partial charge in [0, 0.05) is 24.7 Å². The molecule has 146 valence electrons. The van der Waals surface area contributed by atoms with Gasteiger partial charge in [0.05, 0.1) is 12.2 Å². The van der Waals surface area contributed by atoms with Gasteiger partial charge in [0.25, 0.3) is 5.56 Å². The molecule has 1 aliphatic heterocycles.